The lowest BCUT2D eigenvalue weighted by molar-refractivity contribution is -0.146. The molecule has 0 heterocycles. The van der Waals surface area contributed by atoms with Crippen LogP contribution in [0.1, 0.15) is 24.8 Å². The van der Waals surface area contributed by atoms with Gasteiger partial charge in [-0.3, -0.25) is 14.9 Å². The Morgan fingerprint density at radius 2 is 1.76 bits per heavy atom. The normalized spacial score (nSPS) is 13.3. The van der Waals surface area contributed by atoms with Crippen LogP contribution < -0.4 is 5.32 Å². The molecule has 0 aliphatic carbocycles. The van der Waals surface area contributed by atoms with Crippen molar-refractivity contribution in [2.75, 3.05) is 19.8 Å². The summed E-state index contributed by atoms with van der Waals surface area (Å²) in [6.07, 6.45) is 0. The minimum absolute atomic E-state index is 0.104. The first-order valence-electron chi connectivity index (χ1n) is 6.84. The molecule has 1 rings (SSSR count). The quantitative estimate of drug-likeness (QED) is 0.588. The Hall–Kier alpha value is -1.59. The van der Waals surface area contributed by atoms with Crippen LogP contribution in [0.25, 0.3) is 0 Å². The summed E-state index contributed by atoms with van der Waals surface area (Å²) in [6.45, 7) is 3.86. The highest BCUT2D eigenvalue weighted by Crippen LogP contribution is 2.24. The molecule has 0 unspecified atom stereocenters. The number of alkyl halides is 1. The van der Waals surface area contributed by atoms with Gasteiger partial charge in [-0.25, -0.2) is 0 Å². The molecule has 21 heavy (non-hydrogen) atoms. The van der Waals surface area contributed by atoms with Gasteiger partial charge in [-0.1, -0.05) is 30.3 Å². The van der Waals surface area contributed by atoms with Gasteiger partial charge in [0, 0.05) is 0 Å². The van der Waals surface area contributed by atoms with E-state index >= 15 is 0 Å². The Morgan fingerprint density at radius 1 is 1.14 bits per heavy atom. The van der Waals surface area contributed by atoms with Crippen LogP contribution in [0, 0.1) is 0 Å². The minimum Gasteiger partial charge on any atom is -0.465 e. The molecule has 2 atom stereocenters. The van der Waals surface area contributed by atoms with E-state index < -0.39 is 23.4 Å². The van der Waals surface area contributed by atoms with Gasteiger partial charge in [0.2, 0.25) is 0 Å². The van der Waals surface area contributed by atoms with E-state index in [0.717, 1.165) is 5.56 Å². The summed E-state index contributed by atoms with van der Waals surface area (Å²) in [7, 11) is 0. The lowest BCUT2D eigenvalue weighted by Gasteiger charge is -2.22. The Bertz CT molecular complexity index is 452. The molecule has 0 aromatic heterocycles. The molecule has 6 heteroatoms. The SMILES string of the molecule is CCOC(=O)CN[C@H](C(=O)OCC)[C@@H](Cl)c1ccccc1. The van der Waals surface area contributed by atoms with Crippen LogP contribution in [0.4, 0.5) is 0 Å². The second-order valence-electron chi connectivity index (χ2n) is 4.23. The maximum Gasteiger partial charge on any atom is 0.325 e. The van der Waals surface area contributed by atoms with Gasteiger partial charge < -0.3 is 9.47 Å². The molecule has 0 aliphatic rings. The summed E-state index contributed by atoms with van der Waals surface area (Å²) in [4.78, 5) is 23.4. The third-order valence-electron chi connectivity index (χ3n) is 2.72. The van der Waals surface area contributed by atoms with Crippen molar-refractivity contribution >= 4 is 23.5 Å². The van der Waals surface area contributed by atoms with Crippen LogP contribution in [0.3, 0.4) is 0 Å². The fourth-order valence-corrected chi connectivity index (χ4v) is 2.11. The first kappa shape index (κ1) is 17.5. The predicted octanol–water partition coefficient (Wildman–Crippen LogP) is 2.05. The highest BCUT2D eigenvalue weighted by atomic mass is 35.5. The molecule has 0 amide bonds. The summed E-state index contributed by atoms with van der Waals surface area (Å²) >= 11 is 6.35. The number of carbonyl (C=O) groups is 2. The molecule has 0 radical (unpaired) electrons. The average Bonchev–Trinajstić information content (AvgIpc) is 2.48. The predicted molar refractivity (Wildman–Crippen MR) is 80.1 cm³/mol. The number of hydrogen-bond acceptors (Lipinski definition) is 5. The standard InChI is InChI=1S/C15H20ClNO4/c1-3-20-12(18)10-17-14(15(19)21-4-2)13(16)11-8-6-5-7-9-11/h5-9,13-14,17H,3-4,10H2,1-2H3/t13-,14-/m0/s1. The molecule has 0 fully saturated rings. The maximum absolute atomic E-state index is 12.0. The number of rotatable bonds is 8. The van der Waals surface area contributed by atoms with E-state index in [0.29, 0.717) is 0 Å². The number of carbonyl (C=O) groups excluding carboxylic acids is 2. The summed E-state index contributed by atoms with van der Waals surface area (Å²) < 4.78 is 9.82. The van der Waals surface area contributed by atoms with Crippen molar-refractivity contribution in [3.05, 3.63) is 35.9 Å². The highest BCUT2D eigenvalue weighted by molar-refractivity contribution is 6.22. The van der Waals surface area contributed by atoms with E-state index in [4.69, 9.17) is 21.1 Å². The fourth-order valence-electron chi connectivity index (χ4n) is 1.77. The maximum atomic E-state index is 12.0. The van der Waals surface area contributed by atoms with Gasteiger partial charge in [0.1, 0.15) is 6.04 Å². The summed E-state index contributed by atoms with van der Waals surface area (Å²) in [5, 5.41) is 2.17. The molecule has 0 aliphatic heterocycles. The van der Waals surface area contributed by atoms with E-state index in [1.54, 1.807) is 13.8 Å². The molecule has 0 spiro atoms. The van der Waals surface area contributed by atoms with E-state index in [-0.39, 0.29) is 19.8 Å². The van der Waals surface area contributed by atoms with Crippen molar-refractivity contribution in [3.8, 4) is 0 Å². The average molecular weight is 314 g/mol. The van der Waals surface area contributed by atoms with Crippen LogP contribution >= 0.6 is 11.6 Å². The molecule has 5 nitrogen and oxygen atoms in total. The van der Waals surface area contributed by atoms with E-state index in [1.807, 2.05) is 30.3 Å². The zero-order valence-electron chi connectivity index (χ0n) is 12.2. The van der Waals surface area contributed by atoms with Gasteiger partial charge >= 0.3 is 11.9 Å². The fraction of sp³-hybridized carbons (Fsp3) is 0.467. The van der Waals surface area contributed by atoms with E-state index in [2.05, 4.69) is 5.32 Å². The zero-order chi connectivity index (χ0) is 15.7. The van der Waals surface area contributed by atoms with Crippen molar-refractivity contribution in [3.63, 3.8) is 0 Å². The van der Waals surface area contributed by atoms with Gasteiger partial charge in [-0.15, -0.1) is 11.6 Å². The molecule has 0 saturated heterocycles. The van der Waals surface area contributed by atoms with Crippen molar-refractivity contribution in [1.82, 2.24) is 5.32 Å². The second kappa shape index (κ2) is 9.37. The number of benzene rings is 1. The van der Waals surface area contributed by atoms with Crippen molar-refractivity contribution in [2.24, 2.45) is 0 Å². The lowest BCUT2D eigenvalue weighted by Crippen LogP contribution is -2.44. The number of halogens is 1. The number of nitrogens with one attached hydrogen (secondary N) is 1. The topological polar surface area (TPSA) is 64.6 Å². The molecular formula is C15H20ClNO4. The van der Waals surface area contributed by atoms with Crippen molar-refractivity contribution in [1.29, 1.82) is 0 Å². The second-order valence-corrected chi connectivity index (χ2v) is 4.70. The van der Waals surface area contributed by atoms with Gasteiger partial charge in [-0.05, 0) is 19.4 Å². The first-order valence-corrected chi connectivity index (χ1v) is 7.28. The summed E-state index contributed by atoms with van der Waals surface area (Å²) in [6, 6.07) is 8.33. The first-order chi connectivity index (χ1) is 10.1. The summed E-state index contributed by atoms with van der Waals surface area (Å²) in [5.41, 5.74) is 0.772. The third kappa shape index (κ3) is 5.73. The van der Waals surface area contributed by atoms with E-state index in [1.165, 1.54) is 0 Å². The zero-order valence-corrected chi connectivity index (χ0v) is 12.9. The molecule has 1 N–H and O–H groups in total. The largest absolute Gasteiger partial charge is 0.465 e. The smallest absolute Gasteiger partial charge is 0.325 e. The van der Waals surface area contributed by atoms with E-state index in [9.17, 15) is 9.59 Å². The van der Waals surface area contributed by atoms with Gasteiger partial charge in [0.15, 0.2) is 0 Å². The lowest BCUT2D eigenvalue weighted by atomic mass is 10.1. The van der Waals surface area contributed by atoms with Gasteiger partial charge in [0.05, 0.1) is 25.1 Å². The number of hydrogen-bond donors (Lipinski definition) is 1. The van der Waals surface area contributed by atoms with Crippen LogP contribution in [0.5, 0.6) is 0 Å². The summed E-state index contributed by atoms with van der Waals surface area (Å²) in [5.74, 6) is -0.936. The van der Waals surface area contributed by atoms with Crippen molar-refractivity contribution in [2.45, 2.75) is 25.3 Å². The molecule has 116 valence electrons. The molecule has 0 saturated carbocycles. The molecular weight excluding hydrogens is 294 g/mol. The molecule has 0 bridgehead atoms. The molecule has 1 aromatic carbocycles. The minimum atomic E-state index is -0.821. The van der Waals surface area contributed by atoms with Crippen LogP contribution in [-0.2, 0) is 19.1 Å². The Labute approximate surface area is 129 Å². The van der Waals surface area contributed by atoms with Crippen molar-refractivity contribution < 1.29 is 19.1 Å². The highest BCUT2D eigenvalue weighted by Gasteiger charge is 2.29. The van der Waals surface area contributed by atoms with Crippen LogP contribution in [-0.4, -0.2) is 37.7 Å². The number of ether oxygens (including phenoxy) is 2. The number of esters is 2. The van der Waals surface area contributed by atoms with Crippen LogP contribution in [0.15, 0.2) is 30.3 Å². The van der Waals surface area contributed by atoms with Crippen LogP contribution in [0.2, 0.25) is 0 Å². The molecule has 1 aromatic rings. The Kier molecular flexibility index (Phi) is 7.79. The third-order valence-corrected chi connectivity index (χ3v) is 3.23. The van der Waals surface area contributed by atoms with Gasteiger partial charge in [-0.2, -0.15) is 0 Å². The Balaban J connectivity index is 2.77. The Morgan fingerprint density at radius 3 is 2.33 bits per heavy atom. The van der Waals surface area contributed by atoms with Gasteiger partial charge in [0.25, 0.3) is 0 Å². The monoisotopic (exact) mass is 313 g/mol.